The van der Waals surface area contributed by atoms with Crippen molar-refractivity contribution in [2.24, 2.45) is 0 Å². The Morgan fingerprint density at radius 3 is 1.58 bits per heavy atom. The fourth-order valence-corrected chi connectivity index (χ4v) is 6.96. The second kappa shape index (κ2) is 13.6. The quantitative estimate of drug-likeness (QED) is 0.134. The zero-order valence-electron chi connectivity index (χ0n) is 28.8. The molecule has 268 valence electrons. The summed E-state index contributed by atoms with van der Waals surface area (Å²) in [6.45, 7) is 4.98. The first-order valence-corrected chi connectivity index (χ1v) is 16.6. The van der Waals surface area contributed by atoms with Gasteiger partial charge in [0, 0.05) is 32.7 Å². The lowest BCUT2D eigenvalue weighted by Gasteiger charge is -2.24. The monoisotopic (exact) mass is 737 g/mol. The Bertz CT molecular complexity index is 2980. The number of hydrogen-bond acceptors (Lipinski definition) is 3. The molecule has 0 fully saturated rings. The van der Waals surface area contributed by atoms with Crippen molar-refractivity contribution < 1.29 is 26.3 Å². The first kappa shape index (κ1) is 36.1. The van der Waals surface area contributed by atoms with Crippen LogP contribution in [0.15, 0.2) is 133 Å². The van der Waals surface area contributed by atoms with Crippen molar-refractivity contribution in [1.29, 1.82) is 15.8 Å². The average Bonchev–Trinajstić information content (AvgIpc) is 3.68. The third kappa shape index (κ3) is 6.30. The van der Waals surface area contributed by atoms with Crippen LogP contribution in [0.5, 0.6) is 0 Å². The van der Waals surface area contributed by atoms with E-state index in [0.717, 1.165) is 12.1 Å². The predicted octanol–water partition coefficient (Wildman–Crippen LogP) is 12.4. The van der Waals surface area contributed by atoms with E-state index in [-0.39, 0.29) is 22.5 Å². The topological polar surface area (TPSA) is 81.2 Å². The highest BCUT2D eigenvalue weighted by molar-refractivity contribution is 6.12. The summed E-state index contributed by atoms with van der Waals surface area (Å²) in [6.07, 6.45) is -9.77. The Hall–Kier alpha value is -7.29. The summed E-state index contributed by atoms with van der Waals surface area (Å²) in [6, 6.07) is 36.0. The Morgan fingerprint density at radius 2 is 1.07 bits per heavy atom. The van der Waals surface area contributed by atoms with Gasteiger partial charge in [0.05, 0.1) is 68.3 Å². The van der Waals surface area contributed by atoms with E-state index in [1.54, 1.807) is 79.7 Å². The normalized spacial score (nSPS) is 11.6. The average molecular weight is 738 g/mol. The van der Waals surface area contributed by atoms with Crippen LogP contribution in [0.4, 0.5) is 26.3 Å². The number of allylic oxidation sites excluding steroid dienone is 1. The number of benzene rings is 6. The van der Waals surface area contributed by atoms with Crippen LogP contribution in [0, 0.1) is 34.0 Å². The third-order valence-electron chi connectivity index (χ3n) is 9.20. The number of fused-ring (bicyclic) bond motifs is 6. The molecular formula is C44H25F6N5. The molecule has 55 heavy (non-hydrogen) atoms. The maximum absolute atomic E-state index is 16.0. The van der Waals surface area contributed by atoms with Gasteiger partial charge in [-0.15, -0.1) is 0 Å². The van der Waals surface area contributed by atoms with Crippen LogP contribution in [0.1, 0.15) is 29.2 Å². The van der Waals surface area contributed by atoms with Gasteiger partial charge in [0.15, 0.2) is 0 Å². The summed E-state index contributed by atoms with van der Waals surface area (Å²) in [7, 11) is 0. The van der Waals surface area contributed by atoms with E-state index in [1.165, 1.54) is 45.5 Å². The van der Waals surface area contributed by atoms with Crippen molar-refractivity contribution in [2.45, 2.75) is 19.3 Å². The highest BCUT2D eigenvalue weighted by atomic mass is 19.4. The van der Waals surface area contributed by atoms with Crippen molar-refractivity contribution >= 4 is 43.6 Å². The van der Waals surface area contributed by atoms with Crippen LogP contribution in [-0.4, -0.2) is 9.13 Å². The summed E-state index contributed by atoms with van der Waals surface area (Å²) >= 11 is 0. The van der Waals surface area contributed by atoms with Crippen molar-refractivity contribution in [2.75, 3.05) is 0 Å². The van der Waals surface area contributed by atoms with E-state index in [4.69, 9.17) is 5.26 Å². The summed E-state index contributed by atoms with van der Waals surface area (Å²) in [5.74, 6) is 0. The number of alkyl halides is 6. The smallest absolute Gasteiger partial charge is 0.309 e. The molecule has 0 amide bonds. The molecule has 0 saturated heterocycles. The summed E-state index contributed by atoms with van der Waals surface area (Å²) in [5.41, 5.74) is -0.0917. The number of nitriles is 3. The van der Waals surface area contributed by atoms with Gasteiger partial charge in [0.1, 0.15) is 5.56 Å². The summed E-state index contributed by atoms with van der Waals surface area (Å²) in [5, 5.41) is 29.3. The summed E-state index contributed by atoms with van der Waals surface area (Å²) < 4.78 is 92.9. The molecule has 5 nitrogen and oxygen atoms in total. The largest absolute Gasteiger partial charge is 0.420 e. The van der Waals surface area contributed by atoms with Crippen LogP contribution >= 0.6 is 0 Å². The minimum absolute atomic E-state index is 0.0627. The highest BCUT2D eigenvalue weighted by Gasteiger charge is 2.41. The van der Waals surface area contributed by atoms with Gasteiger partial charge in [-0.3, -0.25) is 0 Å². The maximum atomic E-state index is 16.0. The predicted molar refractivity (Wildman–Crippen MR) is 200 cm³/mol. The van der Waals surface area contributed by atoms with Crippen LogP contribution in [0.25, 0.3) is 66.1 Å². The van der Waals surface area contributed by atoms with Gasteiger partial charge in [-0.1, -0.05) is 61.2 Å². The van der Waals surface area contributed by atoms with E-state index < -0.39 is 23.5 Å². The molecule has 0 unspecified atom stereocenters. The molecule has 2 heterocycles. The molecule has 0 radical (unpaired) electrons. The molecule has 0 bridgehead atoms. The molecule has 8 rings (SSSR count). The third-order valence-corrected chi connectivity index (χ3v) is 9.20. The number of halogens is 6. The van der Waals surface area contributed by atoms with E-state index in [2.05, 4.69) is 18.7 Å². The lowest BCUT2D eigenvalue weighted by Crippen LogP contribution is -2.17. The second-order valence-electron chi connectivity index (χ2n) is 12.7. The van der Waals surface area contributed by atoms with E-state index in [0.29, 0.717) is 60.3 Å². The van der Waals surface area contributed by atoms with Gasteiger partial charge < -0.3 is 9.13 Å². The first-order valence-electron chi connectivity index (χ1n) is 16.6. The van der Waals surface area contributed by atoms with E-state index in [1.807, 2.05) is 6.07 Å². The van der Waals surface area contributed by atoms with Gasteiger partial charge in [-0.05, 0) is 79.2 Å². The second-order valence-corrected chi connectivity index (χ2v) is 12.7. The van der Waals surface area contributed by atoms with Gasteiger partial charge >= 0.3 is 12.4 Å². The molecule has 0 saturated carbocycles. The summed E-state index contributed by atoms with van der Waals surface area (Å²) in [4.78, 5) is 0. The molecule has 11 heteroatoms. The van der Waals surface area contributed by atoms with Crippen LogP contribution in [0.2, 0.25) is 0 Å². The lowest BCUT2D eigenvalue weighted by molar-refractivity contribution is -0.138. The van der Waals surface area contributed by atoms with Crippen molar-refractivity contribution in [3.8, 4) is 40.7 Å². The fourth-order valence-electron chi connectivity index (χ4n) is 6.96. The zero-order valence-corrected chi connectivity index (χ0v) is 28.8. The molecule has 0 aliphatic heterocycles. The van der Waals surface area contributed by atoms with E-state index >= 15 is 13.2 Å². The van der Waals surface area contributed by atoms with Crippen LogP contribution < -0.4 is 0 Å². The molecule has 0 atom stereocenters. The minimum atomic E-state index is -5.03. The van der Waals surface area contributed by atoms with Crippen LogP contribution in [0.3, 0.4) is 0 Å². The first-order chi connectivity index (χ1) is 26.3. The Morgan fingerprint density at radius 1 is 0.564 bits per heavy atom. The zero-order chi connectivity index (χ0) is 39.2. The fraction of sp³-hybridized carbons (Fsp3) is 0.0682. The number of rotatable bonds is 3. The molecule has 0 N–H and O–H groups in total. The van der Waals surface area contributed by atoms with Gasteiger partial charge in [-0.2, -0.15) is 42.1 Å². The molecule has 8 aromatic rings. The Balaban J connectivity index is 0.000000875. The highest BCUT2D eigenvalue weighted by Crippen LogP contribution is 2.48. The SMILES string of the molecule is C=C(C)C#N.N#Cc1ccc2c(c1)c1ccccc1n2-c1ccc(-c2cccc(C(F)(F)F)c2)c(-n2c3ccccc3c3cc(C#N)ccc32)c1C(F)(F)F. The molecule has 0 spiro atoms. The molecule has 6 aromatic carbocycles. The van der Waals surface area contributed by atoms with Gasteiger partial charge in [0.2, 0.25) is 0 Å². The molecule has 0 aliphatic carbocycles. The van der Waals surface area contributed by atoms with Gasteiger partial charge in [-0.25, -0.2) is 0 Å². The van der Waals surface area contributed by atoms with Crippen molar-refractivity contribution in [1.82, 2.24) is 9.13 Å². The number of hydrogen-bond donors (Lipinski definition) is 0. The number of nitrogens with zero attached hydrogens (tertiary/aromatic N) is 5. The van der Waals surface area contributed by atoms with Crippen molar-refractivity contribution in [3.05, 3.63) is 156 Å². The molecule has 2 aromatic heterocycles. The van der Waals surface area contributed by atoms with Gasteiger partial charge in [0.25, 0.3) is 0 Å². The minimum Gasteiger partial charge on any atom is -0.309 e. The van der Waals surface area contributed by atoms with Crippen LogP contribution in [-0.2, 0) is 12.4 Å². The number of aromatic nitrogens is 2. The Labute approximate surface area is 310 Å². The molecular weight excluding hydrogens is 713 g/mol. The lowest BCUT2D eigenvalue weighted by atomic mass is 9.95. The van der Waals surface area contributed by atoms with Crippen molar-refractivity contribution in [3.63, 3.8) is 0 Å². The standard InChI is InChI=1S/C40H20F6N4.C4H5N/c41-39(42,43)26-7-5-6-25(20-26)27-14-17-36(49-32-10-3-1-8-28(32)30-18-23(21-47)12-15-34(30)49)37(40(44,45)46)38(27)50-33-11-4-2-9-29(33)31-19-24(22-48)13-16-35(31)50;1-4(2)3-5/h1-20H;1H2,2H3. The molecule has 0 aliphatic rings. The Kier molecular flexibility index (Phi) is 8.92. The maximum Gasteiger partial charge on any atom is 0.420 e. The number of para-hydroxylation sites is 2. The van der Waals surface area contributed by atoms with E-state index in [9.17, 15) is 23.7 Å².